The highest BCUT2D eigenvalue weighted by Crippen LogP contribution is 2.31. The average Bonchev–Trinajstić information content (AvgIpc) is 2.76. The summed E-state index contributed by atoms with van der Waals surface area (Å²) < 4.78 is 14.2. The zero-order valence-electron chi connectivity index (χ0n) is 13.4. The Morgan fingerprint density at radius 2 is 2.09 bits per heavy atom. The summed E-state index contributed by atoms with van der Waals surface area (Å²) in [7, 11) is 0. The summed E-state index contributed by atoms with van der Waals surface area (Å²) in [5, 5.41) is 3.59. The first-order valence-electron chi connectivity index (χ1n) is 8.27. The number of fused-ring (bicyclic) bond motifs is 1. The molecule has 1 aliphatic rings. The smallest absolute Gasteiger partial charge is 0.183 e. The van der Waals surface area contributed by atoms with Gasteiger partial charge < -0.3 is 10.2 Å². The van der Waals surface area contributed by atoms with E-state index in [0.717, 1.165) is 36.9 Å². The maximum atomic E-state index is 14.2. The molecule has 0 aromatic heterocycles. The number of nitrogens with one attached hydrogen (secondary N) is 2. The van der Waals surface area contributed by atoms with Gasteiger partial charge in [-0.05, 0) is 61.6 Å². The molecule has 23 heavy (non-hydrogen) atoms. The number of hydrogen-bond donors (Lipinski definition) is 2. The summed E-state index contributed by atoms with van der Waals surface area (Å²) in [6, 6.07) is 14.0. The molecule has 1 unspecified atom stereocenters. The molecular formula is C19H23FN2O. The highest BCUT2D eigenvalue weighted by Gasteiger charge is 2.21. The van der Waals surface area contributed by atoms with Crippen molar-refractivity contribution in [3.8, 4) is 5.75 Å². The molecule has 0 amide bonds. The summed E-state index contributed by atoms with van der Waals surface area (Å²) in [5.41, 5.74) is 6.23. The van der Waals surface area contributed by atoms with Gasteiger partial charge in [0, 0.05) is 12.6 Å². The lowest BCUT2D eigenvalue weighted by Gasteiger charge is -2.20. The van der Waals surface area contributed by atoms with Crippen LogP contribution < -0.4 is 15.6 Å². The van der Waals surface area contributed by atoms with E-state index in [4.69, 9.17) is 4.84 Å². The zero-order valence-corrected chi connectivity index (χ0v) is 13.4. The molecule has 3 rings (SSSR count). The van der Waals surface area contributed by atoms with Crippen LogP contribution in [0.2, 0.25) is 0 Å². The molecule has 0 saturated heterocycles. The summed E-state index contributed by atoms with van der Waals surface area (Å²) in [4.78, 5) is 5.34. The van der Waals surface area contributed by atoms with Crippen molar-refractivity contribution in [1.29, 1.82) is 0 Å². The molecule has 4 heteroatoms. The van der Waals surface area contributed by atoms with Crippen LogP contribution in [-0.4, -0.2) is 13.1 Å². The lowest BCUT2D eigenvalue weighted by atomic mass is 9.94. The van der Waals surface area contributed by atoms with E-state index in [1.165, 1.54) is 5.56 Å². The van der Waals surface area contributed by atoms with Crippen LogP contribution in [0.5, 0.6) is 5.75 Å². The minimum atomic E-state index is -0.301. The standard InChI is InChI=1S/C19H23FN2O/c1-2-22-23-19-13-16-15(12-17(19)20)9-6-10-21-18(16)11-14-7-4-3-5-8-14/h3-5,7-8,12-13,18,21-22H,2,6,9-11H2,1H3. The number of benzene rings is 2. The van der Waals surface area contributed by atoms with Gasteiger partial charge in [-0.15, -0.1) is 0 Å². The Morgan fingerprint density at radius 1 is 1.26 bits per heavy atom. The Hall–Kier alpha value is -1.91. The molecule has 0 radical (unpaired) electrons. The molecule has 0 fully saturated rings. The van der Waals surface area contributed by atoms with E-state index in [-0.39, 0.29) is 17.6 Å². The van der Waals surface area contributed by atoms with Gasteiger partial charge in [-0.2, -0.15) is 5.48 Å². The van der Waals surface area contributed by atoms with Crippen LogP contribution in [0.1, 0.15) is 36.1 Å². The third kappa shape index (κ3) is 3.89. The molecular weight excluding hydrogens is 291 g/mol. The summed E-state index contributed by atoms with van der Waals surface area (Å²) in [6.07, 6.45) is 2.80. The second-order valence-corrected chi connectivity index (χ2v) is 5.88. The lowest BCUT2D eigenvalue weighted by Crippen LogP contribution is -2.23. The fourth-order valence-electron chi connectivity index (χ4n) is 3.08. The first-order chi connectivity index (χ1) is 11.3. The number of aryl methyl sites for hydroxylation is 1. The van der Waals surface area contributed by atoms with Gasteiger partial charge in [0.2, 0.25) is 0 Å². The van der Waals surface area contributed by atoms with Gasteiger partial charge in [0.25, 0.3) is 0 Å². The first-order valence-corrected chi connectivity index (χ1v) is 8.27. The van der Waals surface area contributed by atoms with E-state index >= 15 is 0 Å². The lowest BCUT2D eigenvalue weighted by molar-refractivity contribution is 0.192. The molecule has 3 nitrogen and oxygen atoms in total. The molecule has 0 aliphatic carbocycles. The molecule has 122 valence electrons. The van der Waals surface area contributed by atoms with Crippen molar-refractivity contribution in [2.75, 3.05) is 13.1 Å². The number of hydroxylamine groups is 1. The van der Waals surface area contributed by atoms with Crippen LogP contribution >= 0.6 is 0 Å². The number of rotatable bonds is 5. The van der Waals surface area contributed by atoms with Gasteiger partial charge in [0.05, 0.1) is 0 Å². The Kier molecular flexibility index (Phi) is 5.26. The molecule has 1 heterocycles. The number of halogens is 1. The van der Waals surface area contributed by atoms with E-state index in [0.29, 0.717) is 6.54 Å². The molecule has 0 spiro atoms. The normalized spacial score (nSPS) is 17.4. The van der Waals surface area contributed by atoms with Crippen molar-refractivity contribution in [2.24, 2.45) is 0 Å². The maximum absolute atomic E-state index is 14.2. The fourth-order valence-corrected chi connectivity index (χ4v) is 3.08. The van der Waals surface area contributed by atoms with E-state index in [9.17, 15) is 4.39 Å². The molecule has 2 aromatic rings. The third-order valence-electron chi connectivity index (χ3n) is 4.19. The predicted octanol–water partition coefficient (Wildman–Crippen LogP) is 3.55. The van der Waals surface area contributed by atoms with Crippen LogP contribution in [0.4, 0.5) is 4.39 Å². The van der Waals surface area contributed by atoms with Crippen LogP contribution in [0.25, 0.3) is 0 Å². The minimum Gasteiger partial charge on any atom is -0.406 e. The maximum Gasteiger partial charge on any atom is 0.183 e. The topological polar surface area (TPSA) is 33.3 Å². The second-order valence-electron chi connectivity index (χ2n) is 5.88. The average molecular weight is 314 g/mol. The number of hydrogen-bond acceptors (Lipinski definition) is 3. The van der Waals surface area contributed by atoms with Gasteiger partial charge in [-0.25, -0.2) is 4.39 Å². The van der Waals surface area contributed by atoms with Crippen LogP contribution in [0, 0.1) is 5.82 Å². The fraction of sp³-hybridized carbons (Fsp3) is 0.368. The van der Waals surface area contributed by atoms with Gasteiger partial charge in [0.1, 0.15) is 0 Å². The Balaban J connectivity index is 1.91. The highest BCUT2D eigenvalue weighted by atomic mass is 19.1. The molecule has 2 N–H and O–H groups in total. The van der Waals surface area contributed by atoms with Crippen molar-refractivity contribution in [3.63, 3.8) is 0 Å². The van der Waals surface area contributed by atoms with E-state index < -0.39 is 0 Å². The molecule has 1 aliphatic heterocycles. The predicted molar refractivity (Wildman–Crippen MR) is 89.9 cm³/mol. The van der Waals surface area contributed by atoms with E-state index in [1.54, 1.807) is 6.07 Å². The van der Waals surface area contributed by atoms with E-state index in [1.807, 2.05) is 19.1 Å². The Morgan fingerprint density at radius 3 is 2.87 bits per heavy atom. The molecule has 1 atom stereocenters. The molecule has 0 saturated carbocycles. The van der Waals surface area contributed by atoms with Crippen LogP contribution in [-0.2, 0) is 12.8 Å². The summed E-state index contributed by atoms with van der Waals surface area (Å²) >= 11 is 0. The van der Waals surface area contributed by atoms with Crippen molar-refractivity contribution in [2.45, 2.75) is 32.2 Å². The van der Waals surface area contributed by atoms with E-state index in [2.05, 4.69) is 35.1 Å². The van der Waals surface area contributed by atoms with Gasteiger partial charge >= 0.3 is 0 Å². The van der Waals surface area contributed by atoms with Crippen molar-refractivity contribution >= 4 is 0 Å². The summed E-state index contributed by atoms with van der Waals surface area (Å²) in [5.74, 6) is -0.0302. The van der Waals surface area contributed by atoms with Gasteiger partial charge in [0.15, 0.2) is 11.6 Å². The second kappa shape index (κ2) is 7.57. The first kappa shape index (κ1) is 16.0. The highest BCUT2D eigenvalue weighted by molar-refractivity contribution is 5.40. The van der Waals surface area contributed by atoms with Crippen molar-refractivity contribution < 1.29 is 9.23 Å². The van der Waals surface area contributed by atoms with Crippen molar-refractivity contribution in [3.05, 3.63) is 65.0 Å². The van der Waals surface area contributed by atoms with Crippen LogP contribution in [0.15, 0.2) is 42.5 Å². The quantitative estimate of drug-likeness (QED) is 0.828. The van der Waals surface area contributed by atoms with Gasteiger partial charge in [-0.3, -0.25) is 0 Å². The van der Waals surface area contributed by atoms with Crippen LogP contribution in [0.3, 0.4) is 0 Å². The van der Waals surface area contributed by atoms with Gasteiger partial charge in [-0.1, -0.05) is 30.3 Å². The SMILES string of the molecule is CCNOc1cc2c(cc1F)CCCNC2Cc1ccccc1. The Bertz CT molecular complexity index is 645. The Labute approximate surface area is 136 Å². The van der Waals surface area contributed by atoms with Crippen molar-refractivity contribution in [1.82, 2.24) is 10.8 Å². The molecule has 2 aromatic carbocycles. The zero-order chi connectivity index (χ0) is 16.1. The minimum absolute atomic E-state index is 0.180. The summed E-state index contributed by atoms with van der Waals surface area (Å²) in [6.45, 7) is 3.49. The monoisotopic (exact) mass is 314 g/mol. The molecule has 0 bridgehead atoms. The third-order valence-corrected chi connectivity index (χ3v) is 4.19. The largest absolute Gasteiger partial charge is 0.406 e.